The lowest BCUT2D eigenvalue weighted by Gasteiger charge is -2.28. The number of benzene rings is 1. The molecule has 0 unspecified atom stereocenters. The van der Waals surface area contributed by atoms with Gasteiger partial charge in [-0.15, -0.1) is 0 Å². The van der Waals surface area contributed by atoms with E-state index >= 15 is 0 Å². The Morgan fingerprint density at radius 1 is 1.10 bits per heavy atom. The van der Waals surface area contributed by atoms with E-state index in [2.05, 4.69) is 36.8 Å². The SMILES string of the molecule is O=C(NC1CCNCC1)c1n[nH]c2ccc(-c3cncc(N4CCOCC4)c3)cc12. The van der Waals surface area contributed by atoms with Gasteiger partial charge in [-0.2, -0.15) is 5.10 Å². The topological polar surface area (TPSA) is 95.2 Å². The molecule has 2 aliphatic heterocycles. The molecule has 8 heteroatoms. The van der Waals surface area contributed by atoms with Crippen LogP contribution in [0.5, 0.6) is 0 Å². The van der Waals surface area contributed by atoms with Crippen LogP contribution in [0.2, 0.25) is 0 Å². The summed E-state index contributed by atoms with van der Waals surface area (Å²) < 4.78 is 5.45. The number of morpholine rings is 1. The third-order valence-electron chi connectivity index (χ3n) is 5.89. The van der Waals surface area contributed by atoms with Gasteiger partial charge in [0.25, 0.3) is 5.91 Å². The van der Waals surface area contributed by atoms with Gasteiger partial charge in [0, 0.05) is 36.3 Å². The maximum absolute atomic E-state index is 12.9. The molecule has 0 aliphatic carbocycles. The fourth-order valence-electron chi connectivity index (χ4n) is 4.17. The Bertz CT molecular complexity index is 1040. The number of aromatic nitrogens is 3. The average molecular weight is 406 g/mol. The third-order valence-corrected chi connectivity index (χ3v) is 5.89. The van der Waals surface area contributed by atoms with Gasteiger partial charge in [0.05, 0.1) is 30.6 Å². The van der Waals surface area contributed by atoms with E-state index in [1.165, 1.54) is 0 Å². The van der Waals surface area contributed by atoms with Crippen LogP contribution in [0.25, 0.3) is 22.0 Å². The van der Waals surface area contributed by atoms with Gasteiger partial charge in [-0.1, -0.05) is 6.07 Å². The summed E-state index contributed by atoms with van der Waals surface area (Å²) in [6.45, 7) is 5.08. The number of piperidine rings is 1. The minimum Gasteiger partial charge on any atom is -0.378 e. The van der Waals surface area contributed by atoms with Crippen molar-refractivity contribution in [1.29, 1.82) is 0 Å². The van der Waals surface area contributed by atoms with Gasteiger partial charge < -0.3 is 20.3 Å². The Hall–Kier alpha value is -2.97. The Morgan fingerprint density at radius 2 is 1.93 bits per heavy atom. The highest BCUT2D eigenvalue weighted by molar-refractivity contribution is 6.05. The van der Waals surface area contributed by atoms with Crippen LogP contribution >= 0.6 is 0 Å². The van der Waals surface area contributed by atoms with Crippen LogP contribution in [0, 0.1) is 0 Å². The van der Waals surface area contributed by atoms with Gasteiger partial charge in [-0.25, -0.2) is 0 Å². The Kier molecular flexibility index (Phi) is 5.33. The fraction of sp³-hybridized carbons (Fsp3) is 0.409. The average Bonchev–Trinajstić information content (AvgIpc) is 3.24. The van der Waals surface area contributed by atoms with Crippen LogP contribution in [0.3, 0.4) is 0 Å². The third kappa shape index (κ3) is 3.88. The van der Waals surface area contributed by atoms with Gasteiger partial charge in [-0.3, -0.25) is 14.9 Å². The number of anilines is 1. The molecule has 0 radical (unpaired) electrons. The van der Waals surface area contributed by atoms with E-state index < -0.39 is 0 Å². The molecule has 0 spiro atoms. The summed E-state index contributed by atoms with van der Waals surface area (Å²) in [5.74, 6) is -0.120. The molecule has 0 bridgehead atoms. The zero-order chi connectivity index (χ0) is 20.3. The number of ether oxygens (including phenoxy) is 1. The van der Waals surface area contributed by atoms with Crippen LogP contribution in [-0.2, 0) is 4.74 Å². The van der Waals surface area contributed by atoms with Gasteiger partial charge in [0.15, 0.2) is 5.69 Å². The van der Waals surface area contributed by atoms with E-state index in [1.807, 2.05) is 30.6 Å². The highest BCUT2D eigenvalue weighted by atomic mass is 16.5. The Morgan fingerprint density at radius 3 is 2.77 bits per heavy atom. The van der Waals surface area contributed by atoms with Crippen molar-refractivity contribution in [2.45, 2.75) is 18.9 Å². The van der Waals surface area contributed by atoms with E-state index in [9.17, 15) is 4.79 Å². The summed E-state index contributed by atoms with van der Waals surface area (Å²) in [7, 11) is 0. The van der Waals surface area contributed by atoms with Crippen molar-refractivity contribution in [1.82, 2.24) is 25.8 Å². The molecule has 0 atom stereocenters. The van der Waals surface area contributed by atoms with Crippen LogP contribution < -0.4 is 15.5 Å². The molecule has 1 amide bonds. The molecule has 2 aliphatic rings. The van der Waals surface area contributed by atoms with Gasteiger partial charge >= 0.3 is 0 Å². The fourth-order valence-corrected chi connectivity index (χ4v) is 4.17. The lowest BCUT2D eigenvalue weighted by Crippen LogP contribution is -2.42. The minimum absolute atomic E-state index is 0.120. The Labute approximate surface area is 175 Å². The van der Waals surface area contributed by atoms with Gasteiger partial charge in [0.2, 0.25) is 0 Å². The highest BCUT2D eigenvalue weighted by Crippen LogP contribution is 2.28. The van der Waals surface area contributed by atoms with E-state index in [-0.39, 0.29) is 11.9 Å². The number of fused-ring (bicyclic) bond motifs is 1. The maximum Gasteiger partial charge on any atom is 0.272 e. The number of pyridine rings is 1. The normalized spacial score (nSPS) is 17.9. The quantitative estimate of drug-likeness (QED) is 0.613. The predicted molar refractivity (Wildman–Crippen MR) is 116 cm³/mol. The highest BCUT2D eigenvalue weighted by Gasteiger charge is 2.20. The zero-order valence-electron chi connectivity index (χ0n) is 16.9. The molecule has 2 fully saturated rings. The number of hydrogen-bond donors (Lipinski definition) is 3. The molecule has 2 aromatic heterocycles. The van der Waals surface area contributed by atoms with Crippen molar-refractivity contribution >= 4 is 22.5 Å². The number of nitrogens with zero attached hydrogens (tertiary/aromatic N) is 3. The van der Waals surface area contributed by atoms with E-state index in [4.69, 9.17) is 4.74 Å². The smallest absolute Gasteiger partial charge is 0.272 e. The number of rotatable bonds is 4. The maximum atomic E-state index is 12.9. The predicted octanol–water partition coefficient (Wildman–Crippen LogP) is 1.94. The van der Waals surface area contributed by atoms with Crippen molar-refractivity contribution in [2.75, 3.05) is 44.3 Å². The number of carbonyl (C=O) groups is 1. The minimum atomic E-state index is -0.120. The molecule has 4 heterocycles. The number of aromatic amines is 1. The van der Waals surface area contributed by atoms with E-state index in [0.717, 1.165) is 80.0 Å². The van der Waals surface area contributed by atoms with Crippen molar-refractivity contribution < 1.29 is 9.53 Å². The van der Waals surface area contributed by atoms with E-state index in [1.54, 1.807) is 0 Å². The second-order valence-corrected chi connectivity index (χ2v) is 7.86. The first-order valence-corrected chi connectivity index (χ1v) is 10.6. The van der Waals surface area contributed by atoms with Crippen LogP contribution in [0.15, 0.2) is 36.7 Å². The number of amides is 1. The summed E-state index contributed by atoms with van der Waals surface area (Å²) in [5.41, 5.74) is 4.43. The van der Waals surface area contributed by atoms with Gasteiger partial charge in [0.1, 0.15) is 0 Å². The molecule has 1 aromatic carbocycles. The first kappa shape index (κ1) is 19.0. The first-order valence-electron chi connectivity index (χ1n) is 10.6. The van der Waals surface area contributed by atoms with Crippen molar-refractivity contribution in [2.24, 2.45) is 0 Å². The molecule has 0 saturated carbocycles. The molecule has 30 heavy (non-hydrogen) atoms. The summed E-state index contributed by atoms with van der Waals surface area (Å²) in [5, 5.41) is 14.6. The molecule has 3 aromatic rings. The standard InChI is InChI=1S/C22H26N6O2/c29-22(25-17-3-5-23-6-4-17)21-19-12-15(1-2-20(19)26-27-21)16-11-18(14-24-13-16)28-7-9-30-10-8-28/h1-2,11-14,17,23H,3-10H2,(H,25,29)(H,26,27). The molecule has 8 nitrogen and oxygen atoms in total. The molecular formula is C22H26N6O2. The van der Waals surface area contributed by atoms with Crippen molar-refractivity contribution in [3.63, 3.8) is 0 Å². The summed E-state index contributed by atoms with van der Waals surface area (Å²) in [4.78, 5) is 19.6. The second-order valence-electron chi connectivity index (χ2n) is 7.86. The Balaban J connectivity index is 1.42. The summed E-state index contributed by atoms with van der Waals surface area (Å²) >= 11 is 0. The first-order chi connectivity index (χ1) is 14.8. The molecule has 5 rings (SSSR count). The van der Waals surface area contributed by atoms with Crippen molar-refractivity contribution in [3.05, 3.63) is 42.4 Å². The molecule has 2 saturated heterocycles. The van der Waals surface area contributed by atoms with Crippen LogP contribution in [-0.4, -0.2) is 66.5 Å². The van der Waals surface area contributed by atoms with Crippen molar-refractivity contribution in [3.8, 4) is 11.1 Å². The van der Waals surface area contributed by atoms with E-state index in [0.29, 0.717) is 5.69 Å². The number of carbonyl (C=O) groups excluding carboxylic acids is 1. The lowest BCUT2D eigenvalue weighted by atomic mass is 10.0. The van der Waals surface area contributed by atoms with Crippen LogP contribution in [0.4, 0.5) is 5.69 Å². The number of nitrogens with one attached hydrogen (secondary N) is 3. The summed E-state index contributed by atoms with van der Waals surface area (Å²) in [6.07, 6.45) is 5.64. The second kappa shape index (κ2) is 8.41. The molecular weight excluding hydrogens is 380 g/mol. The zero-order valence-corrected chi connectivity index (χ0v) is 16.9. The number of hydrogen-bond acceptors (Lipinski definition) is 6. The molecule has 156 valence electrons. The lowest BCUT2D eigenvalue weighted by molar-refractivity contribution is 0.0926. The number of H-pyrrole nitrogens is 1. The molecule has 3 N–H and O–H groups in total. The van der Waals surface area contributed by atoms with Crippen LogP contribution in [0.1, 0.15) is 23.3 Å². The largest absolute Gasteiger partial charge is 0.378 e. The van der Waals surface area contributed by atoms with Gasteiger partial charge in [-0.05, 0) is 49.7 Å². The summed E-state index contributed by atoms with van der Waals surface area (Å²) in [6, 6.07) is 8.38. The monoisotopic (exact) mass is 406 g/mol.